The van der Waals surface area contributed by atoms with Gasteiger partial charge in [0.05, 0.1) is 0 Å². The molecule has 1 heterocycles. The fraction of sp³-hybridized carbons (Fsp3) is 0.643. The van der Waals surface area contributed by atoms with Crippen LogP contribution < -0.4 is 10.9 Å². The molecule has 0 aromatic carbocycles. The summed E-state index contributed by atoms with van der Waals surface area (Å²) in [4.78, 5) is 11.5. The van der Waals surface area contributed by atoms with Crippen LogP contribution in [0.5, 0.6) is 0 Å². The zero-order valence-corrected chi connectivity index (χ0v) is 12.0. The number of nitrogens with one attached hydrogen (secondary N) is 1. The van der Waals surface area contributed by atoms with E-state index in [0.717, 1.165) is 31.8 Å². The van der Waals surface area contributed by atoms with E-state index >= 15 is 0 Å². The number of hydrogen-bond acceptors (Lipinski definition) is 2. The summed E-state index contributed by atoms with van der Waals surface area (Å²) in [5.74, 6) is 0.725. The topological polar surface area (TPSA) is 34.0 Å². The largest absolute Gasteiger partial charge is 0.314 e. The fourth-order valence-corrected chi connectivity index (χ4v) is 2.04. The fourth-order valence-electron chi connectivity index (χ4n) is 1.91. The normalized spacial score (nSPS) is 11.7. The molecule has 4 heteroatoms. The number of alkyl halides is 1. The molecule has 18 heavy (non-hydrogen) atoms. The van der Waals surface area contributed by atoms with E-state index in [9.17, 15) is 4.79 Å². The first-order valence-corrected chi connectivity index (χ1v) is 7.01. The molecule has 0 saturated carbocycles. The van der Waals surface area contributed by atoms with E-state index < -0.39 is 0 Å². The van der Waals surface area contributed by atoms with Gasteiger partial charge in [-0.1, -0.05) is 19.9 Å². The van der Waals surface area contributed by atoms with E-state index in [4.69, 9.17) is 11.6 Å². The maximum atomic E-state index is 11.5. The highest BCUT2D eigenvalue weighted by Crippen LogP contribution is 2.21. The second-order valence-corrected chi connectivity index (χ2v) is 5.74. The van der Waals surface area contributed by atoms with E-state index in [0.29, 0.717) is 6.54 Å². The van der Waals surface area contributed by atoms with Crippen LogP contribution in [-0.2, 0) is 6.54 Å². The predicted octanol–water partition coefficient (Wildman–Crippen LogP) is 2.48. The van der Waals surface area contributed by atoms with Crippen molar-refractivity contribution in [3.63, 3.8) is 0 Å². The van der Waals surface area contributed by atoms with Gasteiger partial charge in [-0.15, -0.1) is 11.6 Å². The minimum absolute atomic E-state index is 0.0562. The monoisotopic (exact) mass is 270 g/mol. The van der Waals surface area contributed by atoms with E-state index in [-0.39, 0.29) is 11.0 Å². The predicted molar refractivity (Wildman–Crippen MR) is 77.3 cm³/mol. The maximum Gasteiger partial charge on any atom is 0.250 e. The molecule has 0 amide bonds. The lowest BCUT2D eigenvalue weighted by Gasteiger charge is -2.24. The maximum absolute atomic E-state index is 11.5. The van der Waals surface area contributed by atoms with Crippen LogP contribution in [0, 0.1) is 5.41 Å². The first-order chi connectivity index (χ1) is 8.55. The summed E-state index contributed by atoms with van der Waals surface area (Å²) in [5.41, 5.74) is 0.317. The first-order valence-electron chi connectivity index (χ1n) is 6.47. The molecule has 0 spiro atoms. The highest BCUT2D eigenvalue weighted by Gasteiger charge is 2.16. The van der Waals surface area contributed by atoms with Crippen molar-refractivity contribution in [2.45, 2.75) is 33.2 Å². The molecule has 0 aliphatic carbocycles. The van der Waals surface area contributed by atoms with Crippen LogP contribution in [0.2, 0.25) is 0 Å². The number of rotatable bonds is 8. The molecule has 0 fully saturated rings. The summed E-state index contributed by atoms with van der Waals surface area (Å²) in [5, 5.41) is 3.41. The Labute approximate surface area is 114 Å². The van der Waals surface area contributed by atoms with Gasteiger partial charge in [0.1, 0.15) is 0 Å². The van der Waals surface area contributed by atoms with E-state index in [2.05, 4.69) is 19.2 Å². The Morgan fingerprint density at radius 2 is 2.17 bits per heavy atom. The third-order valence-corrected chi connectivity index (χ3v) is 3.29. The van der Waals surface area contributed by atoms with Crippen LogP contribution in [0.1, 0.15) is 26.7 Å². The molecule has 102 valence electrons. The summed E-state index contributed by atoms with van der Waals surface area (Å²) in [6.07, 6.45) is 3.99. The number of aromatic nitrogens is 1. The second-order valence-electron chi connectivity index (χ2n) is 5.37. The molecule has 0 atom stereocenters. The third-order valence-electron chi connectivity index (χ3n) is 3.02. The molecule has 0 aliphatic rings. The lowest BCUT2D eigenvalue weighted by molar-refractivity contribution is 0.310. The van der Waals surface area contributed by atoms with Crippen LogP contribution in [0.4, 0.5) is 0 Å². The Hall–Kier alpha value is -0.800. The highest BCUT2D eigenvalue weighted by molar-refractivity contribution is 6.17. The summed E-state index contributed by atoms with van der Waals surface area (Å²) in [6.45, 7) is 6.95. The Bertz CT molecular complexity index is 401. The molecule has 3 nitrogen and oxygen atoms in total. The van der Waals surface area contributed by atoms with Crippen LogP contribution in [0.3, 0.4) is 0 Å². The first kappa shape index (κ1) is 15.3. The highest BCUT2D eigenvalue weighted by atomic mass is 35.5. The van der Waals surface area contributed by atoms with Crippen LogP contribution >= 0.6 is 11.6 Å². The van der Waals surface area contributed by atoms with Crippen LogP contribution in [-0.4, -0.2) is 23.5 Å². The van der Waals surface area contributed by atoms with Crippen molar-refractivity contribution in [2.24, 2.45) is 5.41 Å². The minimum Gasteiger partial charge on any atom is -0.314 e. The Balaban J connectivity index is 2.26. The number of nitrogens with zero attached hydrogens (tertiary/aromatic N) is 1. The third kappa shape index (κ3) is 5.69. The number of pyridine rings is 1. The molecule has 0 bridgehead atoms. The van der Waals surface area contributed by atoms with Gasteiger partial charge in [-0.2, -0.15) is 0 Å². The molecule has 0 unspecified atom stereocenters. The van der Waals surface area contributed by atoms with Gasteiger partial charge in [0.15, 0.2) is 0 Å². The standard InChI is InChI=1S/C14H23ClN2O/c1-14(2,7-5-8-15)12-16-9-11-17-10-4-3-6-13(17)18/h3-4,6,10,16H,5,7-9,11-12H2,1-2H3. The Kier molecular flexibility index (Phi) is 6.44. The van der Waals surface area contributed by atoms with Crippen LogP contribution in [0.25, 0.3) is 0 Å². The minimum atomic E-state index is 0.0562. The van der Waals surface area contributed by atoms with Gasteiger partial charge in [-0.3, -0.25) is 4.79 Å². The molecular weight excluding hydrogens is 248 g/mol. The van der Waals surface area contributed by atoms with E-state index in [1.165, 1.54) is 0 Å². The summed E-state index contributed by atoms with van der Waals surface area (Å²) >= 11 is 5.71. The Morgan fingerprint density at radius 1 is 1.39 bits per heavy atom. The number of halogens is 1. The van der Waals surface area contributed by atoms with E-state index in [1.807, 2.05) is 12.3 Å². The van der Waals surface area contributed by atoms with Gasteiger partial charge in [0.2, 0.25) is 0 Å². The molecule has 1 rings (SSSR count). The lowest BCUT2D eigenvalue weighted by Crippen LogP contribution is -2.33. The van der Waals surface area contributed by atoms with Crippen molar-refractivity contribution in [3.05, 3.63) is 34.7 Å². The van der Waals surface area contributed by atoms with Crippen molar-refractivity contribution < 1.29 is 0 Å². The molecule has 1 N–H and O–H groups in total. The second kappa shape index (κ2) is 7.59. The van der Waals surface area contributed by atoms with Crippen LogP contribution in [0.15, 0.2) is 29.2 Å². The van der Waals surface area contributed by atoms with Crippen molar-refractivity contribution in [2.75, 3.05) is 19.0 Å². The SMILES string of the molecule is CC(C)(CCCCl)CNCCn1ccccc1=O. The molecule has 1 aromatic heterocycles. The Morgan fingerprint density at radius 3 is 2.83 bits per heavy atom. The molecule has 0 saturated heterocycles. The zero-order valence-electron chi connectivity index (χ0n) is 11.3. The van der Waals surface area contributed by atoms with Gasteiger partial charge >= 0.3 is 0 Å². The van der Waals surface area contributed by atoms with Gasteiger partial charge in [-0.05, 0) is 24.3 Å². The van der Waals surface area contributed by atoms with E-state index in [1.54, 1.807) is 16.7 Å². The molecule has 1 aromatic rings. The molecular formula is C14H23ClN2O. The van der Waals surface area contributed by atoms with Crippen molar-refractivity contribution in [1.82, 2.24) is 9.88 Å². The van der Waals surface area contributed by atoms with Gasteiger partial charge < -0.3 is 9.88 Å². The molecule has 0 aliphatic heterocycles. The van der Waals surface area contributed by atoms with Crippen molar-refractivity contribution in [1.29, 1.82) is 0 Å². The molecule has 0 radical (unpaired) electrons. The zero-order chi connectivity index (χ0) is 13.4. The smallest absolute Gasteiger partial charge is 0.250 e. The van der Waals surface area contributed by atoms with Crippen molar-refractivity contribution >= 4 is 11.6 Å². The van der Waals surface area contributed by atoms with Gasteiger partial charge in [0.25, 0.3) is 5.56 Å². The number of hydrogen-bond donors (Lipinski definition) is 1. The average molecular weight is 271 g/mol. The quantitative estimate of drug-likeness (QED) is 0.582. The lowest BCUT2D eigenvalue weighted by atomic mass is 9.88. The van der Waals surface area contributed by atoms with Gasteiger partial charge in [-0.25, -0.2) is 0 Å². The summed E-state index contributed by atoms with van der Waals surface area (Å²) < 4.78 is 1.72. The average Bonchev–Trinajstić information content (AvgIpc) is 2.34. The van der Waals surface area contributed by atoms with Gasteiger partial charge in [0, 0.05) is 37.8 Å². The summed E-state index contributed by atoms with van der Waals surface area (Å²) in [7, 11) is 0. The summed E-state index contributed by atoms with van der Waals surface area (Å²) in [6, 6.07) is 5.23. The van der Waals surface area contributed by atoms with Crippen molar-refractivity contribution in [3.8, 4) is 0 Å².